The molecule has 1 fully saturated rings. The molecule has 1 aliphatic rings. The Hall–Kier alpha value is -2.04. The number of likely N-dealkylation sites (tertiary alicyclic amines) is 1. The molecule has 0 bridgehead atoms. The Morgan fingerprint density at radius 1 is 1.17 bits per heavy atom. The number of carbonyl (C=O) groups is 1. The van der Waals surface area contributed by atoms with Gasteiger partial charge in [-0.1, -0.05) is 54.1 Å². The van der Waals surface area contributed by atoms with Crippen molar-refractivity contribution in [3.8, 4) is 0 Å². The molecule has 5 heteroatoms. The summed E-state index contributed by atoms with van der Waals surface area (Å²) < 4.78 is 5.63. The standard InChI is InChI=1S/C24H31ClN2O2/c1-17-11-12-19(13-21(17)25)20-15-27(14-18-9-7-6-8-10-18)16-22(20)26(5)23(28)29-24(2,3)4/h6-13,20,22H,14-16H2,1-5H3/t20-,22+/m1/s1. The zero-order valence-corrected chi connectivity index (χ0v) is 18.7. The fraction of sp³-hybridized carbons (Fsp3) is 0.458. The van der Waals surface area contributed by atoms with Gasteiger partial charge in [-0.05, 0) is 50.5 Å². The van der Waals surface area contributed by atoms with Crippen LogP contribution in [-0.2, 0) is 11.3 Å². The highest BCUT2D eigenvalue weighted by atomic mass is 35.5. The van der Waals surface area contributed by atoms with Crippen LogP contribution in [0.5, 0.6) is 0 Å². The lowest BCUT2D eigenvalue weighted by molar-refractivity contribution is 0.0217. The second kappa shape index (κ2) is 8.76. The predicted octanol–water partition coefficient (Wildman–Crippen LogP) is 5.48. The van der Waals surface area contributed by atoms with E-state index in [-0.39, 0.29) is 18.1 Å². The fourth-order valence-electron chi connectivity index (χ4n) is 3.87. The summed E-state index contributed by atoms with van der Waals surface area (Å²) in [5.41, 5.74) is 2.98. The maximum Gasteiger partial charge on any atom is 0.410 e. The van der Waals surface area contributed by atoms with Crippen molar-refractivity contribution >= 4 is 17.7 Å². The highest BCUT2D eigenvalue weighted by Crippen LogP contribution is 2.34. The van der Waals surface area contributed by atoms with E-state index in [0.29, 0.717) is 0 Å². The average molecular weight is 415 g/mol. The maximum absolute atomic E-state index is 12.8. The zero-order valence-electron chi connectivity index (χ0n) is 18.0. The van der Waals surface area contributed by atoms with E-state index in [2.05, 4.69) is 41.3 Å². The number of carbonyl (C=O) groups excluding carboxylic acids is 1. The number of amides is 1. The van der Waals surface area contributed by atoms with Crippen LogP contribution in [0, 0.1) is 6.92 Å². The maximum atomic E-state index is 12.8. The molecule has 0 radical (unpaired) electrons. The number of likely N-dealkylation sites (N-methyl/N-ethyl adjacent to an activating group) is 1. The fourth-order valence-corrected chi connectivity index (χ4v) is 4.05. The Balaban J connectivity index is 1.84. The third kappa shape index (κ3) is 5.52. The van der Waals surface area contributed by atoms with Crippen LogP contribution in [0.1, 0.15) is 43.4 Å². The zero-order chi connectivity index (χ0) is 21.2. The summed E-state index contributed by atoms with van der Waals surface area (Å²) in [6.45, 7) is 10.2. The second-order valence-corrected chi connectivity index (χ2v) is 9.36. The van der Waals surface area contributed by atoms with Crippen molar-refractivity contribution in [1.82, 2.24) is 9.80 Å². The molecule has 1 aliphatic heterocycles. The number of hydrogen-bond donors (Lipinski definition) is 0. The van der Waals surface area contributed by atoms with Gasteiger partial charge in [0, 0.05) is 37.6 Å². The Kier molecular flexibility index (Phi) is 6.55. The minimum atomic E-state index is -0.518. The Morgan fingerprint density at radius 2 is 1.86 bits per heavy atom. The van der Waals surface area contributed by atoms with Gasteiger partial charge in [-0.25, -0.2) is 4.79 Å². The first-order valence-corrected chi connectivity index (χ1v) is 10.5. The molecule has 2 atom stereocenters. The highest BCUT2D eigenvalue weighted by molar-refractivity contribution is 6.31. The lowest BCUT2D eigenvalue weighted by Gasteiger charge is -2.31. The molecule has 2 aromatic rings. The quantitative estimate of drug-likeness (QED) is 0.663. The van der Waals surface area contributed by atoms with Crippen molar-refractivity contribution in [3.05, 3.63) is 70.2 Å². The molecular weight excluding hydrogens is 384 g/mol. The number of halogens is 1. The van der Waals surface area contributed by atoms with Gasteiger partial charge in [0.2, 0.25) is 0 Å². The van der Waals surface area contributed by atoms with Crippen LogP contribution in [0.25, 0.3) is 0 Å². The van der Waals surface area contributed by atoms with Gasteiger partial charge in [0.1, 0.15) is 5.60 Å². The van der Waals surface area contributed by atoms with Crippen LogP contribution in [0.2, 0.25) is 5.02 Å². The summed E-state index contributed by atoms with van der Waals surface area (Å²) >= 11 is 6.42. The van der Waals surface area contributed by atoms with E-state index in [1.165, 1.54) is 5.56 Å². The first kappa shape index (κ1) is 21.7. The number of nitrogens with zero attached hydrogens (tertiary/aromatic N) is 2. The van der Waals surface area contributed by atoms with E-state index < -0.39 is 5.60 Å². The smallest absolute Gasteiger partial charge is 0.410 e. The van der Waals surface area contributed by atoms with E-state index in [9.17, 15) is 4.79 Å². The molecule has 1 saturated heterocycles. The van der Waals surface area contributed by atoms with Crippen LogP contribution < -0.4 is 0 Å². The number of rotatable bonds is 4. The van der Waals surface area contributed by atoms with Gasteiger partial charge in [-0.3, -0.25) is 4.90 Å². The van der Waals surface area contributed by atoms with Gasteiger partial charge in [-0.2, -0.15) is 0 Å². The summed E-state index contributed by atoms with van der Waals surface area (Å²) in [5, 5.41) is 0.766. The Bertz CT molecular complexity index is 848. The monoisotopic (exact) mass is 414 g/mol. The molecule has 0 saturated carbocycles. The largest absolute Gasteiger partial charge is 0.444 e. The topological polar surface area (TPSA) is 32.8 Å². The average Bonchev–Trinajstić information content (AvgIpc) is 3.06. The molecule has 29 heavy (non-hydrogen) atoms. The predicted molar refractivity (Wildman–Crippen MR) is 118 cm³/mol. The molecule has 1 amide bonds. The van der Waals surface area contributed by atoms with Crippen LogP contribution in [0.3, 0.4) is 0 Å². The van der Waals surface area contributed by atoms with Crippen LogP contribution >= 0.6 is 11.6 Å². The lowest BCUT2D eigenvalue weighted by Crippen LogP contribution is -2.44. The van der Waals surface area contributed by atoms with Crippen molar-refractivity contribution in [2.45, 2.75) is 51.8 Å². The highest BCUT2D eigenvalue weighted by Gasteiger charge is 2.39. The number of hydrogen-bond acceptors (Lipinski definition) is 3. The van der Waals surface area contributed by atoms with Crippen molar-refractivity contribution in [1.29, 1.82) is 0 Å². The van der Waals surface area contributed by atoms with Crippen LogP contribution in [0.4, 0.5) is 4.79 Å². The van der Waals surface area contributed by atoms with E-state index >= 15 is 0 Å². The van der Waals surface area contributed by atoms with Gasteiger partial charge in [0.05, 0.1) is 6.04 Å². The SMILES string of the molecule is Cc1ccc([C@H]2CN(Cc3ccccc3)C[C@@H]2N(C)C(=O)OC(C)(C)C)cc1Cl. The number of benzene rings is 2. The minimum absolute atomic E-state index is 0.0207. The van der Waals surface area contributed by atoms with E-state index in [4.69, 9.17) is 16.3 Å². The summed E-state index contributed by atoms with van der Waals surface area (Å²) in [6.07, 6.45) is -0.285. The molecule has 3 rings (SSSR count). The minimum Gasteiger partial charge on any atom is -0.444 e. The summed E-state index contributed by atoms with van der Waals surface area (Å²) in [5.74, 6) is 0.175. The van der Waals surface area contributed by atoms with Crippen molar-refractivity contribution in [3.63, 3.8) is 0 Å². The normalized spacial score (nSPS) is 19.9. The number of aryl methyl sites for hydroxylation is 1. The molecule has 2 aromatic carbocycles. The molecule has 0 unspecified atom stereocenters. The Morgan fingerprint density at radius 3 is 2.48 bits per heavy atom. The molecule has 0 spiro atoms. The second-order valence-electron chi connectivity index (χ2n) is 8.95. The number of ether oxygens (including phenoxy) is 1. The molecule has 4 nitrogen and oxygen atoms in total. The molecule has 0 aliphatic carbocycles. The molecular formula is C24H31ClN2O2. The first-order chi connectivity index (χ1) is 13.6. The van der Waals surface area contributed by atoms with Gasteiger partial charge < -0.3 is 9.64 Å². The third-order valence-corrected chi connectivity index (χ3v) is 5.82. The summed E-state index contributed by atoms with van der Waals surface area (Å²) in [7, 11) is 1.84. The molecule has 0 aromatic heterocycles. The van der Waals surface area contributed by atoms with Gasteiger partial charge in [-0.15, -0.1) is 0 Å². The van der Waals surface area contributed by atoms with Gasteiger partial charge in [0.25, 0.3) is 0 Å². The van der Waals surface area contributed by atoms with Crippen molar-refractivity contribution in [2.24, 2.45) is 0 Å². The summed E-state index contributed by atoms with van der Waals surface area (Å²) in [6, 6.07) is 16.7. The van der Waals surface area contributed by atoms with E-state index in [0.717, 1.165) is 35.8 Å². The molecule has 156 valence electrons. The van der Waals surface area contributed by atoms with Crippen molar-refractivity contribution in [2.75, 3.05) is 20.1 Å². The van der Waals surface area contributed by atoms with Gasteiger partial charge >= 0.3 is 6.09 Å². The van der Waals surface area contributed by atoms with E-state index in [1.54, 1.807) is 4.90 Å². The van der Waals surface area contributed by atoms with E-state index in [1.807, 2.05) is 46.9 Å². The molecule has 0 N–H and O–H groups in total. The first-order valence-electron chi connectivity index (χ1n) is 10.1. The molecule has 1 heterocycles. The van der Waals surface area contributed by atoms with Gasteiger partial charge in [0.15, 0.2) is 0 Å². The third-order valence-electron chi connectivity index (χ3n) is 5.42. The lowest BCUT2D eigenvalue weighted by atomic mass is 9.93. The Labute approximate surface area is 179 Å². The summed E-state index contributed by atoms with van der Waals surface area (Å²) in [4.78, 5) is 16.9. The van der Waals surface area contributed by atoms with Crippen LogP contribution in [-0.4, -0.2) is 47.7 Å². The van der Waals surface area contributed by atoms with Crippen LogP contribution in [0.15, 0.2) is 48.5 Å². The van der Waals surface area contributed by atoms with Crippen molar-refractivity contribution < 1.29 is 9.53 Å².